The zero-order valence-corrected chi connectivity index (χ0v) is 21.6. The summed E-state index contributed by atoms with van der Waals surface area (Å²) < 4.78 is 28.5. The van der Waals surface area contributed by atoms with Crippen molar-refractivity contribution in [3.8, 4) is 5.75 Å². The summed E-state index contributed by atoms with van der Waals surface area (Å²) in [7, 11) is 8.45. The number of ether oxygens (including phenoxy) is 5. The highest BCUT2D eigenvalue weighted by molar-refractivity contribution is 6.60. The number of amides is 1. The maximum absolute atomic E-state index is 13.4. The molecule has 2 aliphatic heterocycles. The monoisotopic (exact) mass is 499 g/mol. The minimum atomic E-state index is -0.907. The Kier molecular flexibility index (Phi) is 9.00. The topological polar surface area (TPSA) is 104 Å². The molecule has 0 aromatic heterocycles. The van der Waals surface area contributed by atoms with Crippen LogP contribution >= 0.6 is 0 Å². The highest BCUT2D eigenvalue weighted by Crippen LogP contribution is 2.35. The molecule has 1 fully saturated rings. The summed E-state index contributed by atoms with van der Waals surface area (Å²) in [6, 6.07) is 3.19. The quantitative estimate of drug-likeness (QED) is 0.291. The fourth-order valence-corrected chi connectivity index (χ4v) is 4.08. The van der Waals surface area contributed by atoms with Gasteiger partial charge < -0.3 is 33.7 Å². The molecule has 0 bridgehead atoms. The van der Waals surface area contributed by atoms with Gasteiger partial charge in [-0.2, -0.15) is 0 Å². The van der Waals surface area contributed by atoms with E-state index < -0.39 is 42.0 Å². The van der Waals surface area contributed by atoms with Gasteiger partial charge in [0.15, 0.2) is 18.4 Å². The lowest BCUT2D eigenvalue weighted by Gasteiger charge is -2.24. The van der Waals surface area contributed by atoms with Crippen LogP contribution < -0.4 is 9.64 Å². The standard InChI is InChI=1S/C26H34BNO8/c1-15-10-11-19(29)23-20(35-26(3,4)36-23)9-7-8-17-12-18(28(5)25(27)31)13-21(33-14-32-6)22(17)24(30)34-16(15)2/h7-8,10-13,15-16,19-20,23,29H,9,14H2,1-6H3/b8-7+,11-10-/t15-,16+,19?,20+,23?/m1/s1. The largest absolute Gasteiger partial charge is 0.467 e. The van der Waals surface area contributed by atoms with E-state index in [1.165, 1.54) is 25.1 Å². The predicted octanol–water partition coefficient (Wildman–Crippen LogP) is 3.43. The Morgan fingerprint density at radius 3 is 2.64 bits per heavy atom. The average Bonchev–Trinajstić information content (AvgIpc) is 3.13. The van der Waals surface area contributed by atoms with Crippen LogP contribution in [0.15, 0.2) is 30.4 Å². The molecule has 0 saturated carbocycles. The predicted molar refractivity (Wildman–Crippen MR) is 135 cm³/mol. The van der Waals surface area contributed by atoms with Crippen LogP contribution in [0.2, 0.25) is 0 Å². The molecule has 1 aromatic rings. The third-order valence-electron chi connectivity index (χ3n) is 6.24. The number of nitrogens with zero attached hydrogens (tertiary/aromatic N) is 1. The smallest absolute Gasteiger partial charge is 0.342 e. The average molecular weight is 499 g/mol. The van der Waals surface area contributed by atoms with Gasteiger partial charge in [0, 0.05) is 31.8 Å². The number of carbonyl (C=O) groups excluding carboxylic acids is 2. The summed E-state index contributed by atoms with van der Waals surface area (Å²) >= 11 is 0. The molecule has 36 heavy (non-hydrogen) atoms. The van der Waals surface area contributed by atoms with E-state index in [1.807, 2.05) is 13.0 Å². The first-order valence-electron chi connectivity index (χ1n) is 11.9. The van der Waals surface area contributed by atoms with E-state index in [9.17, 15) is 14.7 Å². The van der Waals surface area contributed by atoms with Crippen molar-refractivity contribution in [1.82, 2.24) is 0 Å². The van der Waals surface area contributed by atoms with Gasteiger partial charge in [0.05, 0.1) is 6.10 Å². The van der Waals surface area contributed by atoms with Gasteiger partial charge in [-0.25, -0.2) is 4.79 Å². The van der Waals surface area contributed by atoms with E-state index in [-0.39, 0.29) is 24.0 Å². The molecule has 2 unspecified atom stereocenters. The number of cyclic esters (lactones) is 1. The molecule has 194 valence electrons. The van der Waals surface area contributed by atoms with Crippen LogP contribution in [-0.4, -0.2) is 75.9 Å². The molecule has 5 atom stereocenters. The minimum Gasteiger partial charge on any atom is -0.467 e. The van der Waals surface area contributed by atoms with Crippen LogP contribution in [0, 0.1) is 5.92 Å². The molecule has 2 aliphatic rings. The number of aliphatic hydroxyl groups excluding tert-OH is 1. The van der Waals surface area contributed by atoms with E-state index in [1.54, 1.807) is 45.1 Å². The maximum atomic E-state index is 13.4. The van der Waals surface area contributed by atoms with Crippen LogP contribution in [-0.2, 0) is 18.9 Å². The Morgan fingerprint density at radius 2 is 1.97 bits per heavy atom. The van der Waals surface area contributed by atoms with Crippen LogP contribution in [0.1, 0.15) is 50.0 Å². The number of esters is 1. The van der Waals surface area contributed by atoms with Gasteiger partial charge in [-0.05, 0) is 38.8 Å². The van der Waals surface area contributed by atoms with Gasteiger partial charge in [0.2, 0.25) is 7.85 Å². The molecule has 1 aromatic carbocycles. The lowest BCUT2D eigenvalue weighted by molar-refractivity contribution is -0.152. The molecule has 0 spiro atoms. The Morgan fingerprint density at radius 1 is 1.25 bits per heavy atom. The van der Waals surface area contributed by atoms with E-state index in [2.05, 4.69) is 0 Å². The van der Waals surface area contributed by atoms with Crippen LogP contribution in [0.3, 0.4) is 0 Å². The third-order valence-corrected chi connectivity index (χ3v) is 6.24. The summed E-state index contributed by atoms with van der Waals surface area (Å²) in [5.41, 5.74) is 1.06. The van der Waals surface area contributed by atoms with E-state index in [0.29, 0.717) is 17.7 Å². The van der Waals surface area contributed by atoms with E-state index >= 15 is 0 Å². The fourth-order valence-electron chi connectivity index (χ4n) is 4.08. The Labute approximate surface area is 213 Å². The molecule has 0 aliphatic carbocycles. The first kappa shape index (κ1) is 27.9. The third kappa shape index (κ3) is 6.56. The number of methoxy groups -OCH3 is 1. The zero-order valence-electron chi connectivity index (χ0n) is 21.6. The number of anilines is 1. The number of fused-ring (bicyclic) bond motifs is 2. The minimum absolute atomic E-state index is 0.121. The van der Waals surface area contributed by atoms with Gasteiger partial charge in [0.1, 0.15) is 29.6 Å². The van der Waals surface area contributed by atoms with Crippen molar-refractivity contribution in [2.45, 2.75) is 64.3 Å². The number of hydrogen-bond donors (Lipinski definition) is 1. The van der Waals surface area contributed by atoms with Gasteiger partial charge >= 0.3 is 5.97 Å². The lowest BCUT2D eigenvalue weighted by atomic mass is 9.98. The number of carbonyl (C=O) groups is 2. The first-order chi connectivity index (χ1) is 16.9. The first-order valence-corrected chi connectivity index (χ1v) is 11.9. The van der Waals surface area contributed by atoms with Crippen LogP contribution in [0.25, 0.3) is 6.08 Å². The second kappa shape index (κ2) is 11.6. The van der Waals surface area contributed by atoms with Crippen molar-refractivity contribution in [3.63, 3.8) is 0 Å². The van der Waals surface area contributed by atoms with Crippen LogP contribution in [0.5, 0.6) is 5.75 Å². The van der Waals surface area contributed by atoms with Gasteiger partial charge in [0.25, 0.3) is 0 Å². The Hall–Kier alpha value is -2.66. The maximum Gasteiger partial charge on any atom is 0.342 e. The molecule has 2 radical (unpaired) electrons. The highest BCUT2D eigenvalue weighted by Gasteiger charge is 2.43. The Balaban J connectivity index is 2.12. The van der Waals surface area contributed by atoms with Gasteiger partial charge in [-0.1, -0.05) is 31.2 Å². The molecule has 1 amide bonds. The number of benzene rings is 1. The molecular weight excluding hydrogens is 465 g/mol. The summed E-state index contributed by atoms with van der Waals surface area (Å²) in [4.78, 5) is 26.4. The SMILES string of the molecule is [B]C(=O)N(C)c1cc2c(c(OCOC)c1)C(=O)O[C@@H](C)[C@H](C)/C=C\C(O)C1OC(C)(C)O[C@H]1C/C=C/2. The van der Waals surface area contributed by atoms with Gasteiger partial charge in [-0.15, -0.1) is 0 Å². The van der Waals surface area contributed by atoms with Crippen molar-refractivity contribution in [2.75, 3.05) is 25.9 Å². The van der Waals surface area contributed by atoms with E-state index in [4.69, 9.17) is 31.5 Å². The summed E-state index contributed by atoms with van der Waals surface area (Å²) in [5, 5.41) is 10.8. The molecule has 1 saturated heterocycles. The molecule has 10 heteroatoms. The summed E-state index contributed by atoms with van der Waals surface area (Å²) in [6.07, 6.45) is 4.95. The molecule has 2 heterocycles. The normalized spacial score (nSPS) is 29.8. The van der Waals surface area contributed by atoms with E-state index in [0.717, 1.165) is 0 Å². The second-order valence-corrected chi connectivity index (χ2v) is 9.48. The zero-order chi connectivity index (χ0) is 26.6. The van der Waals surface area contributed by atoms with Crippen molar-refractivity contribution >= 4 is 31.4 Å². The van der Waals surface area contributed by atoms with Crippen molar-refractivity contribution in [3.05, 3.63) is 41.5 Å². The number of rotatable bonds is 4. The number of aliphatic hydroxyl groups is 1. The fraction of sp³-hybridized carbons (Fsp3) is 0.538. The summed E-state index contributed by atoms with van der Waals surface area (Å²) in [6.45, 7) is 7.13. The summed E-state index contributed by atoms with van der Waals surface area (Å²) in [5.74, 6) is -2.16. The molecule has 1 N–H and O–H groups in total. The second-order valence-electron chi connectivity index (χ2n) is 9.48. The van der Waals surface area contributed by atoms with Crippen molar-refractivity contribution < 1.29 is 38.4 Å². The number of hydrogen-bond acceptors (Lipinski definition) is 8. The molecule has 9 nitrogen and oxygen atoms in total. The highest BCUT2D eigenvalue weighted by atomic mass is 16.8. The van der Waals surface area contributed by atoms with Crippen molar-refractivity contribution in [1.29, 1.82) is 0 Å². The van der Waals surface area contributed by atoms with Crippen LogP contribution in [0.4, 0.5) is 10.5 Å². The molecular formula is C26H34BNO8. The van der Waals surface area contributed by atoms with Crippen molar-refractivity contribution in [2.24, 2.45) is 5.92 Å². The van der Waals surface area contributed by atoms with Gasteiger partial charge in [-0.3, -0.25) is 4.79 Å². The lowest BCUT2D eigenvalue weighted by Crippen LogP contribution is -2.34. The Bertz CT molecular complexity index is 1020. The molecule has 3 rings (SSSR count).